The predicted octanol–water partition coefficient (Wildman–Crippen LogP) is 5.08. The zero-order chi connectivity index (χ0) is 26.1. The average Bonchev–Trinajstić information content (AvgIpc) is 3.46. The highest BCUT2D eigenvalue weighted by molar-refractivity contribution is 6.74. The smallest absolute Gasteiger partial charge is 0.338 e. The van der Waals surface area contributed by atoms with E-state index in [2.05, 4.69) is 40.8 Å². The van der Waals surface area contributed by atoms with Crippen LogP contribution in [0.15, 0.2) is 30.3 Å². The standard InChI is InChI=1S/C29H44O6Si/c1-18-22(31)16-28(35-36(5,6)27(2,3)4)17-29(18)23(34-29)15-20-13-10-14-21(30)24(20)25(28)33-26(32)19-11-8-7-9-12-19/h7-9,11-12,18,20-25,30-31H,10,13-17H2,1-6H3/t18-,20+,21+,22+,23-,24+,25+,28-,29-/m0/s1. The number of ether oxygens (including phenoxy) is 2. The number of epoxide rings is 1. The van der Waals surface area contributed by atoms with Gasteiger partial charge in [-0.15, -0.1) is 0 Å². The Morgan fingerprint density at radius 2 is 1.81 bits per heavy atom. The molecule has 9 atom stereocenters. The molecule has 2 bridgehead atoms. The maximum absolute atomic E-state index is 13.6. The fourth-order valence-electron chi connectivity index (χ4n) is 7.19. The maximum atomic E-state index is 13.6. The molecule has 0 amide bonds. The predicted molar refractivity (Wildman–Crippen MR) is 140 cm³/mol. The number of aliphatic hydroxyl groups excluding tert-OH is 2. The van der Waals surface area contributed by atoms with Crippen molar-refractivity contribution in [3.63, 3.8) is 0 Å². The molecule has 200 valence electrons. The fourth-order valence-corrected chi connectivity index (χ4v) is 8.78. The molecule has 1 aliphatic heterocycles. The fraction of sp³-hybridized carbons (Fsp3) is 0.759. The van der Waals surface area contributed by atoms with Crippen LogP contribution in [0.1, 0.15) is 76.6 Å². The first-order chi connectivity index (χ1) is 16.8. The minimum atomic E-state index is -2.38. The number of carbonyl (C=O) groups is 1. The summed E-state index contributed by atoms with van der Waals surface area (Å²) >= 11 is 0. The van der Waals surface area contributed by atoms with Gasteiger partial charge in [0, 0.05) is 24.7 Å². The molecule has 0 aromatic heterocycles. The molecular formula is C29H44O6Si. The second-order valence-corrected chi connectivity index (χ2v) is 18.2. The topological polar surface area (TPSA) is 88.5 Å². The molecule has 1 heterocycles. The van der Waals surface area contributed by atoms with Crippen molar-refractivity contribution in [2.24, 2.45) is 17.8 Å². The van der Waals surface area contributed by atoms with Gasteiger partial charge >= 0.3 is 5.97 Å². The number of hydrogen-bond acceptors (Lipinski definition) is 6. The monoisotopic (exact) mass is 516 g/mol. The SMILES string of the molecule is C[C@H]1[C@H](O)C[C@]2(O[Si](C)(C)C(C)(C)C)C[C@]13O[C@H]3C[C@H]1CCC[C@@H](O)[C@@H]1[C@H]2OC(=O)c1ccccc1. The minimum absolute atomic E-state index is 0.0193. The van der Waals surface area contributed by atoms with Crippen LogP contribution < -0.4 is 0 Å². The van der Waals surface area contributed by atoms with Gasteiger partial charge in [-0.3, -0.25) is 0 Å². The largest absolute Gasteiger partial charge is 0.455 e. The van der Waals surface area contributed by atoms with Gasteiger partial charge in [0.2, 0.25) is 0 Å². The van der Waals surface area contributed by atoms with Crippen LogP contribution in [0, 0.1) is 17.8 Å². The molecule has 0 unspecified atom stereocenters. The van der Waals surface area contributed by atoms with Crippen LogP contribution in [0.25, 0.3) is 0 Å². The maximum Gasteiger partial charge on any atom is 0.338 e. The quantitative estimate of drug-likeness (QED) is 0.330. The molecule has 1 saturated heterocycles. The van der Waals surface area contributed by atoms with Crippen LogP contribution in [0.2, 0.25) is 18.1 Å². The Kier molecular flexibility index (Phi) is 6.52. The van der Waals surface area contributed by atoms with Crippen molar-refractivity contribution in [2.45, 2.75) is 120 Å². The Morgan fingerprint density at radius 1 is 1.11 bits per heavy atom. The van der Waals surface area contributed by atoms with Crippen LogP contribution in [0.4, 0.5) is 0 Å². The molecule has 4 fully saturated rings. The molecule has 1 aromatic carbocycles. The van der Waals surface area contributed by atoms with Crippen LogP contribution in [-0.4, -0.2) is 60.1 Å². The van der Waals surface area contributed by atoms with Gasteiger partial charge in [0.05, 0.1) is 29.5 Å². The Bertz CT molecular complexity index is 976. The Balaban J connectivity index is 1.64. The van der Waals surface area contributed by atoms with Gasteiger partial charge in [-0.05, 0) is 55.4 Å². The van der Waals surface area contributed by atoms with Crippen LogP contribution in [-0.2, 0) is 13.9 Å². The first kappa shape index (κ1) is 26.4. The normalized spacial score (nSPS) is 42.4. The third kappa shape index (κ3) is 4.29. The highest BCUT2D eigenvalue weighted by atomic mass is 28.4. The third-order valence-corrected chi connectivity index (χ3v) is 14.8. The molecule has 0 radical (unpaired) electrons. The van der Waals surface area contributed by atoms with E-state index in [9.17, 15) is 15.0 Å². The van der Waals surface area contributed by atoms with E-state index in [0.29, 0.717) is 24.8 Å². The molecule has 2 N–H and O–H groups in total. The molecule has 1 spiro atoms. The van der Waals surface area contributed by atoms with E-state index in [1.54, 1.807) is 12.1 Å². The van der Waals surface area contributed by atoms with E-state index in [0.717, 1.165) is 19.3 Å². The van der Waals surface area contributed by atoms with Crippen LogP contribution >= 0.6 is 0 Å². The van der Waals surface area contributed by atoms with Crippen molar-refractivity contribution in [1.82, 2.24) is 0 Å². The third-order valence-electron chi connectivity index (χ3n) is 10.3. The van der Waals surface area contributed by atoms with Crippen molar-refractivity contribution in [2.75, 3.05) is 0 Å². The number of rotatable bonds is 4. The summed E-state index contributed by atoms with van der Waals surface area (Å²) < 4.78 is 20.3. The van der Waals surface area contributed by atoms with Crippen molar-refractivity contribution in [3.8, 4) is 0 Å². The summed E-state index contributed by atoms with van der Waals surface area (Å²) in [5, 5.41) is 22.8. The van der Waals surface area contributed by atoms with E-state index in [-0.39, 0.29) is 28.9 Å². The molecule has 3 saturated carbocycles. The van der Waals surface area contributed by atoms with E-state index in [1.165, 1.54) is 0 Å². The second-order valence-electron chi connectivity index (χ2n) is 13.5. The lowest BCUT2D eigenvalue weighted by Gasteiger charge is -2.57. The highest BCUT2D eigenvalue weighted by Gasteiger charge is 2.73. The molecule has 1 aromatic rings. The van der Waals surface area contributed by atoms with Crippen molar-refractivity contribution in [1.29, 1.82) is 0 Å². The van der Waals surface area contributed by atoms with Crippen LogP contribution in [0.3, 0.4) is 0 Å². The summed E-state index contributed by atoms with van der Waals surface area (Å²) in [4.78, 5) is 13.6. The first-order valence-electron chi connectivity index (χ1n) is 13.8. The second kappa shape index (κ2) is 8.91. The summed E-state index contributed by atoms with van der Waals surface area (Å²) in [5.41, 5.74) is -0.899. The minimum Gasteiger partial charge on any atom is -0.455 e. The number of carbonyl (C=O) groups excluding carboxylic acids is 1. The molecule has 6 nitrogen and oxygen atoms in total. The zero-order valence-electron chi connectivity index (χ0n) is 22.7. The molecule has 5 rings (SSSR count). The number of aliphatic hydroxyl groups is 2. The van der Waals surface area contributed by atoms with Gasteiger partial charge in [-0.25, -0.2) is 4.79 Å². The van der Waals surface area contributed by atoms with Gasteiger partial charge in [0.1, 0.15) is 11.7 Å². The number of benzene rings is 1. The van der Waals surface area contributed by atoms with Gasteiger partial charge in [0.25, 0.3) is 0 Å². The highest BCUT2D eigenvalue weighted by Crippen LogP contribution is 2.63. The van der Waals surface area contributed by atoms with Gasteiger partial charge in [-0.1, -0.05) is 52.3 Å². The Morgan fingerprint density at radius 3 is 2.47 bits per heavy atom. The van der Waals surface area contributed by atoms with Gasteiger partial charge < -0.3 is 24.1 Å². The van der Waals surface area contributed by atoms with E-state index < -0.39 is 43.8 Å². The summed E-state index contributed by atoms with van der Waals surface area (Å²) in [6.07, 6.45) is 2.57. The summed E-state index contributed by atoms with van der Waals surface area (Å²) in [6.45, 7) is 13.1. The molecule has 3 aliphatic carbocycles. The van der Waals surface area contributed by atoms with Gasteiger partial charge in [-0.2, -0.15) is 0 Å². The van der Waals surface area contributed by atoms with Crippen LogP contribution in [0.5, 0.6) is 0 Å². The Labute approximate surface area is 216 Å². The summed E-state index contributed by atoms with van der Waals surface area (Å²) in [6, 6.07) is 9.07. The van der Waals surface area contributed by atoms with Crippen molar-refractivity contribution >= 4 is 14.3 Å². The van der Waals surface area contributed by atoms with E-state index >= 15 is 0 Å². The zero-order valence-corrected chi connectivity index (χ0v) is 23.7. The average molecular weight is 517 g/mol. The van der Waals surface area contributed by atoms with E-state index in [4.69, 9.17) is 13.9 Å². The van der Waals surface area contributed by atoms with Crippen molar-refractivity contribution in [3.05, 3.63) is 35.9 Å². The molecular weight excluding hydrogens is 472 g/mol. The number of esters is 1. The Hall–Kier alpha value is -1.25. The molecule has 7 heteroatoms. The summed E-state index contributed by atoms with van der Waals surface area (Å²) in [5.74, 6) is -0.487. The van der Waals surface area contributed by atoms with Crippen molar-refractivity contribution < 1.29 is 28.9 Å². The lowest BCUT2D eigenvalue weighted by atomic mass is 9.58. The molecule has 36 heavy (non-hydrogen) atoms. The number of fused-ring (bicyclic) bond motifs is 2. The van der Waals surface area contributed by atoms with Gasteiger partial charge in [0.15, 0.2) is 8.32 Å². The first-order valence-corrected chi connectivity index (χ1v) is 16.7. The number of hydrogen-bond donors (Lipinski definition) is 2. The lowest BCUT2D eigenvalue weighted by molar-refractivity contribution is -0.189. The summed E-state index contributed by atoms with van der Waals surface area (Å²) in [7, 11) is -2.38. The lowest BCUT2D eigenvalue weighted by Crippen LogP contribution is -2.67. The van der Waals surface area contributed by atoms with E-state index in [1.807, 2.05) is 18.2 Å². The molecule has 4 aliphatic rings.